The maximum Gasteiger partial charge on any atom is 0.240 e. The Morgan fingerprint density at radius 2 is 1.90 bits per heavy atom. The zero-order valence-corrected chi connectivity index (χ0v) is 13.3. The van der Waals surface area contributed by atoms with E-state index in [1.165, 1.54) is 6.07 Å². The number of sulfonamides is 1. The first kappa shape index (κ1) is 15.1. The lowest BCUT2D eigenvalue weighted by Gasteiger charge is -2.12. The number of halogens is 2. The van der Waals surface area contributed by atoms with E-state index in [0.29, 0.717) is 20.9 Å². The van der Waals surface area contributed by atoms with Crippen LogP contribution in [-0.2, 0) is 10.0 Å². The molecule has 0 saturated heterocycles. The smallest absolute Gasteiger partial charge is 0.240 e. The molecule has 0 aliphatic heterocycles. The number of primary sulfonamides is 1. The van der Waals surface area contributed by atoms with Crippen molar-refractivity contribution in [1.82, 2.24) is 0 Å². The molecule has 2 rings (SSSR count). The molecule has 5 nitrogen and oxygen atoms in total. The highest BCUT2D eigenvalue weighted by Crippen LogP contribution is 2.31. The minimum atomic E-state index is -3.86. The van der Waals surface area contributed by atoms with E-state index in [2.05, 4.69) is 21.2 Å². The van der Waals surface area contributed by atoms with Gasteiger partial charge in [0.25, 0.3) is 0 Å². The zero-order chi connectivity index (χ0) is 14.9. The highest BCUT2D eigenvalue weighted by atomic mass is 79.9. The molecule has 8 heteroatoms. The van der Waals surface area contributed by atoms with Crippen LogP contribution >= 0.6 is 27.5 Å². The fraction of sp³-hybridized carbons (Fsp3) is 0. The van der Waals surface area contributed by atoms with Gasteiger partial charge in [0.2, 0.25) is 10.0 Å². The van der Waals surface area contributed by atoms with Crippen LogP contribution in [0.2, 0.25) is 5.02 Å². The van der Waals surface area contributed by atoms with E-state index < -0.39 is 10.0 Å². The third kappa shape index (κ3) is 3.24. The number of hydrogen-bond donors (Lipinski definition) is 3. The third-order valence-corrected chi connectivity index (χ3v) is 4.75. The molecule has 0 atom stereocenters. The van der Waals surface area contributed by atoms with Crippen LogP contribution in [0.15, 0.2) is 45.8 Å². The van der Waals surface area contributed by atoms with Gasteiger partial charge in [-0.1, -0.05) is 17.7 Å². The first-order valence-electron chi connectivity index (χ1n) is 5.42. The highest BCUT2D eigenvalue weighted by molar-refractivity contribution is 9.10. The molecule has 0 aliphatic rings. The van der Waals surface area contributed by atoms with Crippen molar-refractivity contribution in [1.29, 1.82) is 0 Å². The van der Waals surface area contributed by atoms with Gasteiger partial charge in [0.1, 0.15) is 4.90 Å². The first-order chi connectivity index (χ1) is 9.29. The molecular weight excluding hydrogens is 366 g/mol. The maximum absolute atomic E-state index is 11.4. The largest absolute Gasteiger partial charge is 0.396 e. The molecular formula is C12H11BrClN3O2S. The Kier molecular flexibility index (Phi) is 4.24. The number of hydrogen-bond acceptors (Lipinski definition) is 4. The number of nitrogen functional groups attached to an aromatic ring is 1. The van der Waals surface area contributed by atoms with E-state index in [1.54, 1.807) is 30.3 Å². The van der Waals surface area contributed by atoms with E-state index in [0.717, 1.165) is 0 Å². The molecule has 2 aromatic rings. The summed E-state index contributed by atoms with van der Waals surface area (Å²) in [6.45, 7) is 0. The molecule has 0 fully saturated rings. The summed E-state index contributed by atoms with van der Waals surface area (Å²) in [4.78, 5) is -0.115. The molecule has 0 amide bonds. The predicted octanol–water partition coefficient (Wildman–Crippen LogP) is 3.08. The summed E-state index contributed by atoms with van der Waals surface area (Å²) in [5.41, 5.74) is 7.05. The predicted molar refractivity (Wildman–Crippen MR) is 84.7 cm³/mol. The Labute approximate surface area is 130 Å². The van der Waals surface area contributed by atoms with Crippen LogP contribution in [0.25, 0.3) is 0 Å². The Morgan fingerprint density at radius 1 is 1.20 bits per heavy atom. The molecule has 106 valence electrons. The molecule has 0 saturated carbocycles. The SMILES string of the molecule is Nc1c(Nc2ccc(Cl)c(Br)c2)cccc1S(N)(=O)=O. The van der Waals surface area contributed by atoms with Crippen LogP contribution in [0.5, 0.6) is 0 Å². The number of rotatable bonds is 3. The maximum atomic E-state index is 11.4. The monoisotopic (exact) mass is 375 g/mol. The molecule has 0 bridgehead atoms. The highest BCUT2D eigenvalue weighted by Gasteiger charge is 2.14. The van der Waals surface area contributed by atoms with Gasteiger partial charge in [-0.3, -0.25) is 0 Å². The fourth-order valence-electron chi connectivity index (χ4n) is 1.63. The second-order valence-electron chi connectivity index (χ2n) is 4.02. The van der Waals surface area contributed by atoms with E-state index in [4.69, 9.17) is 22.5 Å². The van der Waals surface area contributed by atoms with Gasteiger partial charge in [0.15, 0.2) is 0 Å². The number of nitrogens with one attached hydrogen (secondary N) is 1. The van der Waals surface area contributed by atoms with Crippen molar-refractivity contribution in [3.63, 3.8) is 0 Å². The number of benzene rings is 2. The average Bonchev–Trinajstić information content (AvgIpc) is 2.35. The summed E-state index contributed by atoms with van der Waals surface area (Å²) in [6, 6.07) is 9.78. The number of nitrogens with two attached hydrogens (primary N) is 2. The van der Waals surface area contributed by atoms with Crippen LogP contribution < -0.4 is 16.2 Å². The quantitative estimate of drug-likeness (QED) is 0.717. The molecule has 2 aromatic carbocycles. The second-order valence-corrected chi connectivity index (χ2v) is 6.81. The molecule has 0 heterocycles. The minimum absolute atomic E-state index is 0.0704. The summed E-state index contributed by atoms with van der Waals surface area (Å²) in [7, 11) is -3.86. The molecule has 0 aliphatic carbocycles. The minimum Gasteiger partial charge on any atom is -0.396 e. The summed E-state index contributed by atoms with van der Waals surface area (Å²) in [5.74, 6) is 0. The van der Waals surface area contributed by atoms with Gasteiger partial charge in [0.05, 0.1) is 16.4 Å². The normalized spacial score (nSPS) is 11.3. The lowest BCUT2D eigenvalue weighted by molar-refractivity contribution is 0.598. The van der Waals surface area contributed by atoms with Gasteiger partial charge in [-0.05, 0) is 46.3 Å². The van der Waals surface area contributed by atoms with Gasteiger partial charge in [0, 0.05) is 10.2 Å². The second kappa shape index (κ2) is 5.61. The third-order valence-electron chi connectivity index (χ3n) is 2.57. The molecule has 0 radical (unpaired) electrons. The zero-order valence-electron chi connectivity index (χ0n) is 10.1. The number of para-hydroxylation sites is 1. The number of anilines is 3. The van der Waals surface area contributed by atoms with Crippen LogP contribution in [0.1, 0.15) is 0 Å². The van der Waals surface area contributed by atoms with Crippen molar-refractivity contribution in [2.24, 2.45) is 5.14 Å². The van der Waals surface area contributed by atoms with E-state index in [-0.39, 0.29) is 10.6 Å². The molecule has 0 unspecified atom stereocenters. The van der Waals surface area contributed by atoms with E-state index in [9.17, 15) is 8.42 Å². The van der Waals surface area contributed by atoms with E-state index >= 15 is 0 Å². The average molecular weight is 377 g/mol. The molecule has 20 heavy (non-hydrogen) atoms. The van der Waals surface area contributed by atoms with Crippen LogP contribution in [0.3, 0.4) is 0 Å². The summed E-state index contributed by atoms with van der Waals surface area (Å²) in [5, 5.41) is 8.69. The summed E-state index contributed by atoms with van der Waals surface area (Å²) < 4.78 is 23.5. The Morgan fingerprint density at radius 3 is 2.50 bits per heavy atom. The van der Waals surface area contributed by atoms with Crippen molar-refractivity contribution in [3.8, 4) is 0 Å². The van der Waals surface area contributed by atoms with Gasteiger partial charge in [-0.25, -0.2) is 13.6 Å². The van der Waals surface area contributed by atoms with Gasteiger partial charge in [-0.2, -0.15) is 0 Å². The van der Waals surface area contributed by atoms with E-state index in [1.807, 2.05) is 0 Å². The summed E-state index contributed by atoms with van der Waals surface area (Å²) >= 11 is 9.21. The molecule has 0 spiro atoms. The van der Waals surface area contributed by atoms with Crippen molar-refractivity contribution < 1.29 is 8.42 Å². The van der Waals surface area contributed by atoms with Crippen LogP contribution in [-0.4, -0.2) is 8.42 Å². The van der Waals surface area contributed by atoms with Crippen molar-refractivity contribution in [3.05, 3.63) is 45.9 Å². The Hall–Kier alpha value is -1.28. The standard InChI is InChI=1S/C12H11BrClN3O2S/c13-8-6-7(4-5-9(8)14)17-10-2-1-3-11(12(10)15)20(16,18)19/h1-6,17H,15H2,(H2,16,18,19). The van der Waals surface area contributed by atoms with Gasteiger partial charge >= 0.3 is 0 Å². The lowest BCUT2D eigenvalue weighted by atomic mass is 10.2. The lowest BCUT2D eigenvalue weighted by Crippen LogP contribution is -2.15. The van der Waals surface area contributed by atoms with Crippen molar-refractivity contribution in [2.45, 2.75) is 4.90 Å². The first-order valence-corrected chi connectivity index (χ1v) is 8.14. The van der Waals surface area contributed by atoms with Crippen molar-refractivity contribution in [2.75, 3.05) is 11.1 Å². The Bertz CT molecular complexity index is 765. The van der Waals surface area contributed by atoms with Crippen LogP contribution in [0.4, 0.5) is 17.1 Å². The fourth-order valence-corrected chi connectivity index (χ4v) is 2.81. The molecule has 5 N–H and O–H groups in total. The van der Waals surface area contributed by atoms with Crippen molar-refractivity contribution >= 4 is 54.6 Å². The van der Waals surface area contributed by atoms with Gasteiger partial charge < -0.3 is 11.1 Å². The summed E-state index contributed by atoms with van der Waals surface area (Å²) in [6.07, 6.45) is 0. The van der Waals surface area contributed by atoms with Crippen LogP contribution in [0, 0.1) is 0 Å². The Balaban J connectivity index is 2.42. The molecule has 0 aromatic heterocycles. The van der Waals surface area contributed by atoms with Gasteiger partial charge in [-0.15, -0.1) is 0 Å². The topological polar surface area (TPSA) is 98.2 Å².